The fourth-order valence-corrected chi connectivity index (χ4v) is 2.26. The highest BCUT2D eigenvalue weighted by atomic mass is 16.3. The van der Waals surface area contributed by atoms with Gasteiger partial charge < -0.3 is 16.2 Å². The molecule has 4 N–H and O–H groups in total. The summed E-state index contributed by atoms with van der Waals surface area (Å²) in [6.07, 6.45) is 2.97. The number of para-hydroxylation sites is 1. The number of nitrogens with two attached hydrogens (primary N) is 1. The molecule has 0 saturated heterocycles. The average Bonchev–Trinajstić information content (AvgIpc) is 2.22. The highest BCUT2D eigenvalue weighted by Crippen LogP contribution is 2.36. The number of aromatic hydroxyl groups is 1. The van der Waals surface area contributed by atoms with Crippen LogP contribution in [0, 0.1) is 5.41 Å². The van der Waals surface area contributed by atoms with Crippen molar-refractivity contribution in [3.05, 3.63) is 30.0 Å². The number of anilines is 2. The summed E-state index contributed by atoms with van der Waals surface area (Å²) < 4.78 is 0. The Morgan fingerprint density at radius 2 is 2.06 bits per heavy atom. The van der Waals surface area contributed by atoms with Gasteiger partial charge in [0.2, 0.25) is 0 Å². The van der Waals surface area contributed by atoms with Crippen LogP contribution in [0.15, 0.2) is 30.0 Å². The Kier molecular flexibility index (Phi) is 3.03. The zero-order valence-electron chi connectivity index (χ0n) is 10.7. The van der Waals surface area contributed by atoms with E-state index in [2.05, 4.69) is 19.2 Å². The van der Waals surface area contributed by atoms with E-state index in [9.17, 15) is 9.90 Å². The summed E-state index contributed by atoms with van der Waals surface area (Å²) >= 11 is 0. The molecule has 1 aliphatic rings. The van der Waals surface area contributed by atoms with Gasteiger partial charge in [-0.05, 0) is 24.0 Å². The van der Waals surface area contributed by atoms with Crippen molar-refractivity contribution in [2.45, 2.75) is 26.7 Å². The number of phenolic OH excluding ortho intramolecular Hbond substituents is 1. The van der Waals surface area contributed by atoms with Crippen molar-refractivity contribution < 1.29 is 9.90 Å². The molecule has 1 aromatic rings. The second-order valence-electron chi connectivity index (χ2n) is 5.52. The van der Waals surface area contributed by atoms with Crippen LogP contribution in [0.5, 0.6) is 5.75 Å². The number of phenols is 1. The summed E-state index contributed by atoms with van der Waals surface area (Å²) in [6, 6.07) is 5.03. The van der Waals surface area contributed by atoms with Crippen molar-refractivity contribution in [2.75, 3.05) is 11.1 Å². The van der Waals surface area contributed by atoms with Crippen LogP contribution in [0.25, 0.3) is 0 Å². The van der Waals surface area contributed by atoms with Crippen LogP contribution >= 0.6 is 0 Å². The van der Waals surface area contributed by atoms with Gasteiger partial charge in [-0.2, -0.15) is 0 Å². The third-order valence-electron chi connectivity index (χ3n) is 3.04. The van der Waals surface area contributed by atoms with Crippen molar-refractivity contribution in [2.24, 2.45) is 5.41 Å². The number of hydrogen-bond donors (Lipinski definition) is 3. The molecule has 0 atom stereocenters. The smallest absolute Gasteiger partial charge is 0.157 e. The van der Waals surface area contributed by atoms with Gasteiger partial charge in [-0.15, -0.1) is 0 Å². The van der Waals surface area contributed by atoms with Crippen molar-refractivity contribution >= 4 is 17.2 Å². The zero-order valence-corrected chi connectivity index (χ0v) is 10.7. The monoisotopic (exact) mass is 246 g/mol. The number of hydrogen-bond acceptors (Lipinski definition) is 4. The molecule has 0 aliphatic heterocycles. The Bertz CT molecular complexity index is 519. The summed E-state index contributed by atoms with van der Waals surface area (Å²) in [5, 5.41) is 12.7. The number of ketones is 1. The maximum atomic E-state index is 11.6. The standard InChI is InChI=1S/C14H18N2O2/c1-14(2)7-9(6-10(17)8-14)16-11-4-3-5-12(18)13(11)15/h3-6,16,18H,7-8,15H2,1-2H3. The molecule has 0 spiro atoms. The van der Waals surface area contributed by atoms with Gasteiger partial charge in [0.05, 0.1) is 11.4 Å². The first kappa shape index (κ1) is 12.5. The highest BCUT2D eigenvalue weighted by molar-refractivity contribution is 5.92. The number of allylic oxidation sites excluding steroid dienone is 2. The first-order chi connectivity index (χ1) is 8.37. The van der Waals surface area contributed by atoms with E-state index in [1.54, 1.807) is 18.2 Å². The molecule has 0 amide bonds. The Morgan fingerprint density at radius 1 is 1.33 bits per heavy atom. The lowest BCUT2D eigenvalue weighted by molar-refractivity contribution is -0.117. The van der Waals surface area contributed by atoms with Crippen molar-refractivity contribution in [3.8, 4) is 5.75 Å². The van der Waals surface area contributed by atoms with Crippen LogP contribution in [0.2, 0.25) is 0 Å². The number of nitrogen functional groups attached to an aromatic ring is 1. The molecule has 4 nitrogen and oxygen atoms in total. The summed E-state index contributed by atoms with van der Waals surface area (Å²) in [5.74, 6) is 0.162. The van der Waals surface area contributed by atoms with Gasteiger partial charge in [0.15, 0.2) is 5.78 Å². The normalized spacial score (nSPS) is 18.3. The molecule has 0 bridgehead atoms. The molecule has 0 heterocycles. The van der Waals surface area contributed by atoms with E-state index in [0.717, 1.165) is 12.1 Å². The average molecular weight is 246 g/mol. The van der Waals surface area contributed by atoms with E-state index in [0.29, 0.717) is 17.8 Å². The molecule has 4 heteroatoms. The lowest BCUT2D eigenvalue weighted by Crippen LogP contribution is -2.24. The summed E-state index contributed by atoms with van der Waals surface area (Å²) in [7, 11) is 0. The second-order valence-corrected chi connectivity index (χ2v) is 5.52. The van der Waals surface area contributed by atoms with E-state index in [4.69, 9.17) is 5.73 Å². The van der Waals surface area contributed by atoms with Crippen LogP contribution in [0.3, 0.4) is 0 Å². The Labute approximate surface area is 107 Å². The number of carbonyl (C=O) groups is 1. The second kappa shape index (κ2) is 4.37. The van der Waals surface area contributed by atoms with Crippen molar-refractivity contribution in [1.82, 2.24) is 0 Å². The van der Waals surface area contributed by atoms with E-state index in [1.807, 2.05) is 0 Å². The maximum absolute atomic E-state index is 11.6. The zero-order chi connectivity index (χ0) is 13.3. The van der Waals surface area contributed by atoms with Gasteiger partial charge in [-0.3, -0.25) is 4.79 Å². The van der Waals surface area contributed by atoms with Gasteiger partial charge >= 0.3 is 0 Å². The highest BCUT2D eigenvalue weighted by Gasteiger charge is 2.27. The maximum Gasteiger partial charge on any atom is 0.157 e. The minimum atomic E-state index is -0.0419. The van der Waals surface area contributed by atoms with Crippen LogP contribution in [0.4, 0.5) is 11.4 Å². The lowest BCUT2D eigenvalue weighted by atomic mass is 9.79. The molecule has 0 radical (unpaired) electrons. The SMILES string of the molecule is CC1(C)CC(=O)C=C(Nc2cccc(O)c2N)C1. The quantitative estimate of drug-likeness (QED) is 0.554. The summed E-state index contributed by atoms with van der Waals surface area (Å²) in [4.78, 5) is 11.6. The minimum absolute atomic E-state index is 0.0419. The summed E-state index contributed by atoms with van der Waals surface area (Å²) in [6.45, 7) is 4.12. The molecule has 0 fully saturated rings. The summed E-state index contributed by atoms with van der Waals surface area (Å²) in [5.41, 5.74) is 7.51. The van der Waals surface area contributed by atoms with E-state index in [-0.39, 0.29) is 16.9 Å². The van der Waals surface area contributed by atoms with Gasteiger partial charge in [-0.1, -0.05) is 19.9 Å². The molecule has 0 saturated carbocycles. The Hall–Kier alpha value is -1.97. The molecule has 18 heavy (non-hydrogen) atoms. The van der Waals surface area contributed by atoms with Crippen LogP contribution in [-0.2, 0) is 4.79 Å². The molecule has 0 unspecified atom stereocenters. The number of nitrogens with one attached hydrogen (secondary N) is 1. The van der Waals surface area contributed by atoms with Gasteiger partial charge in [0.1, 0.15) is 5.75 Å². The Morgan fingerprint density at radius 3 is 2.72 bits per heavy atom. The third-order valence-corrected chi connectivity index (χ3v) is 3.04. The van der Waals surface area contributed by atoms with E-state index < -0.39 is 0 Å². The predicted molar refractivity (Wildman–Crippen MR) is 72.2 cm³/mol. The predicted octanol–water partition coefficient (Wildman–Crippen LogP) is 2.66. The first-order valence-corrected chi connectivity index (χ1v) is 5.95. The third kappa shape index (κ3) is 2.64. The fourth-order valence-electron chi connectivity index (χ4n) is 2.26. The van der Waals surface area contributed by atoms with E-state index >= 15 is 0 Å². The molecule has 1 aromatic carbocycles. The number of carbonyl (C=O) groups excluding carboxylic acids is 1. The molecule has 1 aliphatic carbocycles. The van der Waals surface area contributed by atoms with E-state index in [1.165, 1.54) is 6.07 Å². The Balaban J connectivity index is 2.24. The minimum Gasteiger partial charge on any atom is -0.506 e. The largest absolute Gasteiger partial charge is 0.506 e. The van der Waals surface area contributed by atoms with Crippen molar-refractivity contribution in [1.29, 1.82) is 0 Å². The van der Waals surface area contributed by atoms with Crippen LogP contribution in [-0.4, -0.2) is 10.9 Å². The van der Waals surface area contributed by atoms with Crippen molar-refractivity contribution in [3.63, 3.8) is 0 Å². The molecule has 96 valence electrons. The molecular formula is C14H18N2O2. The van der Waals surface area contributed by atoms with Crippen LogP contribution < -0.4 is 11.1 Å². The van der Waals surface area contributed by atoms with Crippen LogP contribution in [0.1, 0.15) is 26.7 Å². The molecule has 0 aromatic heterocycles. The lowest BCUT2D eigenvalue weighted by Gasteiger charge is -2.29. The van der Waals surface area contributed by atoms with Gasteiger partial charge in [-0.25, -0.2) is 0 Å². The van der Waals surface area contributed by atoms with Gasteiger partial charge in [0.25, 0.3) is 0 Å². The fraction of sp³-hybridized carbons (Fsp3) is 0.357. The number of rotatable bonds is 2. The molecular weight excluding hydrogens is 228 g/mol. The first-order valence-electron chi connectivity index (χ1n) is 5.95. The topological polar surface area (TPSA) is 75.3 Å². The molecule has 2 rings (SSSR count). The van der Waals surface area contributed by atoms with Gasteiger partial charge in [0, 0.05) is 18.2 Å². The number of benzene rings is 1.